The number of carbonyl (C=O) groups excluding carboxylic acids is 1. The number of hydrogen-bond acceptors (Lipinski definition) is 2. The van der Waals surface area contributed by atoms with Crippen molar-refractivity contribution in [2.75, 3.05) is 26.2 Å². The third-order valence-electron chi connectivity index (χ3n) is 3.50. The minimum atomic E-state index is 0.204. The standard InChI is InChI=1S/C13H26N2O/c1-5-6-12(4)13(16)15-9-7-14(8-10-15)11(2)3/h11-12H,5-10H2,1-4H3. The Bertz CT molecular complexity index is 220. The first-order valence-electron chi connectivity index (χ1n) is 6.59. The monoisotopic (exact) mass is 226 g/mol. The molecule has 1 unspecified atom stereocenters. The zero-order valence-electron chi connectivity index (χ0n) is 11.2. The molecule has 16 heavy (non-hydrogen) atoms. The summed E-state index contributed by atoms with van der Waals surface area (Å²) < 4.78 is 0. The highest BCUT2D eigenvalue weighted by molar-refractivity contribution is 5.78. The minimum Gasteiger partial charge on any atom is -0.340 e. The molecule has 0 spiro atoms. The van der Waals surface area contributed by atoms with Crippen LogP contribution in [0.15, 0.2) is 0 Å². The number of hydrogen-bond donors (Lipinski definition) is 0. The maximum absolute atomic E-state index is 12.1. The van der Waals surface area contributed by atoms with Crippen LogP contribution in [0.2, 0.25) is 0 Å². The minimum absolute atomic E-state index is 0.204. The number of amides is 1. The van der Waals surface area contributed by atoms with Gasteiger partial charge >= 0.3 is 0 Å². The van der Waals surface area contributed by atoms with Crippen LogP contribution in [0.3, 0.4) is 0 Å². The molecule has 1 heterocycles. The third kappa shape index (κ3) is 3.48. The predicted molar refractivity (Wildman–Crippen MR) is 67.4 cm³/mol. The SMILES string of the molecule is CCCC(C)C(=O)N1CCN(C(C)C)CC1. The van der Waals surface area contributed by atoms with Gasteiger partial charge in [-0.2, -0.15) is 0 Å². The first-order chi connectivity index (χ1) is 7.56. The summed E-state index contributed by atoms with van der Waals surface area (Å²) in [5, 5.41) is 0. The van der Waals surface area contributed by atoms with Crippen molar-refractivity contribution in [3.05, 3.63) is 0 Å². The second-order valence-electron chi connectivity index (χ2n) is 5.14. The van der Waals surface area contributed by atoms with E-state index in [2.05, 4.69) is 32.6 Å². The van der Waals surface area contributed by atoms with Crippen molar-refractivity contribution < 1.29 is 4.79 Å². The molecule has 0 bridgehead atoms. The van der Waals surface area contributed by atoms with Gasteiger partial charge in [-0.05, 0) is 20.3 Å². The van der Waals surface area contributed by atoms with Crippen LogP contribution in [0.1, 0.15) is 40.5 Å². The van der Waals surface area contributed by atoms with Gasteiger partial charge in [0.1, 0.15) is 0 Å². The van der Waals surface area contributed by atoms with Gasteiger partial charge in [0.15, 0.2) is 0 Å². The fraction of sp³-hybridized carbons (Fsp3) is 0.923. The van der Waals surface area contributed by atoms with Gasteiger partial charge < -0.3 is 4.90 Å². The van der Waals surface area contributed by atoms with E-state index < -0.39 is 0 Å². The van der Waals surface area contributed by atoms with Gasteiger partial charge in [-0.15, -0.1) is 0 Å². The molecule has 1 saturated heterocycles. The first-order valence-corrected chi connectivity index (χ1v) is 6.59. The number of carbonyl (C=O) groups is 1. The topological polar surface area (TPSA) is 23.6 Å². The normalized spacial score (nSPS) is 20.2. The molecule has 1 fully saturated rings. The number of piperazine rings is 1. The summed E-state index contributed by atoms with van der Waals surface area (Å²) in [5.74, 6) is 0.556. The molecule has 0 aromatic heterocycles. The fourth-order valence-corrected chi connectivity index (χ4v) is 2.33. The van der Waals surface area contributed by atoms with Crippen molar-refractivity contribution in [1.29, 1.82) is 0 Å². The second-order valence-corrected chi connectivity index (χ2v) is 5.14. The highest BCUT2D eigenvalue weighted by Crippen LogP contribution is 2.13. The van der Waals surface area contributed by atoms with Gasteiger partial charge in [0, 0.05) is 38.1 Å². The second kappa shape index (κ2) is 6.24. The lowest BCUT2D eigenvalue weighted by atomic mass is 10.0. The molecule has 0 radical (unpaired) electrons. The predicted octanol–water partition coefficient (Wildman–Crippen LogP) is 1.98. The van der Waals surface area contributed by atoms with E-state index >= 15 is 0 Å². The smallest absolute Gasteiger partial charge is 0.225 e. The summed E-state index contributed by atoms with van der Waals surface area (Å²) >= 11 is 0. The Morgan fingerprint density at radius 3 is 2.12 bits per heavy atom. The Labute approximate surface area is 99.8 Å². The molecule has 0 aliphatic carbocycles. The number of nitrogens with zero attached hydrogens (tertiary/aromatic N) is 2. The van der Waals surface area contributed by atoms with E-state index in [1.54, 1.807) is 0 Å². The molecule has 3 heteroatoms. The lowest BCUT2D eigenvalue weighted by molar-refractivity contribution is -0.137. The van der Waals surface area contributed by atoms with Gasteiger partial charge in [0.05, 0.1) is 0 Å². The molecule has 1 rings (SSSR count). The molecule has 1 aliphatic heterocycles. The summed E-state index contributed by atoms with van der Waals surface area (Å²) in [4.78, 5) is 16.6. The van der Waals surface area contributed by atoms with E-state index in [0.717, 1.165) is 39.0 Å². The summed E-state index contributed by atoms with van der Waals surface area (Å²) in [6, 6.07) is 0.602. The zero-order chi connectivity index (χ0) is 12.1. The Morgan fingerprint density at radius 2 is 1.69 bits per heavy atom. The maximum Gasteiger partial charge on any atom is 0.225 e. The van der Waals surface area contributed by atoms with Crippen LogP contribution >= 0.6 is 0 Å². The van der Waals surface area contributed by atoms with Crippen molar-refractivity contribution >= 4 is 5.91 Å². The Balaban J connectivity index is 2.38. The lowest BCUT2D eigenvalue weighted by Crippen LogP contribution is -2.51. The van der Waals surface area contributed by atoms with Gasteiger partial charge in [-0.3, -0.25) is 9.69 Å². The molecule has 0 aromatic rings. The van der Waals surface area contributed by atoms with E-state index in [9.17, 15) is 4.79 Å². The summed E-state index contributed by atoms with van der Waals surface area (Å²) in [6.45, 7) is 12.5. The van der Waals surface area contributed by atoms with Crippen LogP contribution in [0, 0.1) is 5.92 Å². The number of rotatable bonds is 4. The third-order valence-corrected chi connectivity index (χ3v) is 3.50. The highest BCUT2D eigenvalue weighted by atomic mass is 16.2. The summed E-state index contributed by atoms with van der Waals surface area (Å²) in [6.07, 6.45) is 2.11. The van der Waals surface area contributed by atoms with Gasteiger partial charge in [0.25, 0.3) is 0 Å². The van der Waals surface area contributed by atoms with Crippen LogP contribution in [0.4, 0.5) is 0 Å². The van der Waals surface area contributed by atoms with Crippen LogP contribution < -0.4 is 0 Å². The van der Waals surface area contributed by atoms with E-state index in [4.69, 9.17) is 0 Å². The zero-order valence-corrected chi connectivity index (χ0v) is 11.2. The van der Waals surface area contributed by atoms with Crippen molar-refractivity contribution in [2.24, 2.45) is 5.92 Å². The van der Waals surface area contributed by atoms with Gasteiger partial charge in [-0.1, -0.05) is 20.3 Å². The molecule has 0 N–H and O–H groups in total. The molecule has 94 valence electrons. The molecule has 0 saturated carbocycles. The van der Waals surface area contributed by atoms with Gasteiger partial charge in [-0.25, -0.2) is 0 Å². The van der Waals surface area contributed by atoms with Crippen molar-refractivity contribution in [1.82, 2.24) is 9.80 Å². The largest absolute Gasteiger partial charge is 0.340 e. The summed E-state index contributed by atoms with van der Waals surface area (Å²) in [7, 11) is 0. The van der Waals surface area contributed by atoms with E-state index in [1.807, 2.05) is 4.90 Å². The van der Waals surface area contributed by atoms with Crippen LogP contribution in [0.25, 0.3) is 0 Å². The van der Waals surface area contributed by atoms with Crippen molar-refractivity contribution in [2.45, 2.75) is 46.6 Å². The summed E-state index contributed by atoms with van der Waals surface area (Å²) in [5.41, 5.74) is 0. The molecule has 0 aromatic carbocycles. The highest BCUT2D eigenvalue weighted by Gasteiger charge is 2.24. The quantitative estimate of drug-likeness (QED) is 0.732. The first kappa shape index (κ1) is 13.5. The average Bonchev–Trinajstić information content (AvgIpc) is 2.28. The molecular formula is C13H26N2O. The van der Waals surface area contributed by atoms with Crippen LogP contribution in [-0.4, -0.2) is 47.9 Å². The fourth-order valence-electron chi connectivity index (χ4n) is 2.33. The molecule has 1 atom stereocenters. The lowest BCUT2D eigenvalue weighted by Gasteiger charge is -2.37. The molecule has 1 aliphatic rings. The Hall–Kier alpha value is -0.570. The molecule has 1 amide bonds. The molecular weight excluding hydrogens is 200 g/mol. The Morgan fingerprint density at radius 1 is 1.12 bits per heavy atom. The van der Waals surface area contributed by atoms with Crippen LogP contribution in [0.5, 0.6) is 0 Å². The van der Waals surface area contributed by atoms with Crippen molar-refractivity contribution in [3.63, 3.8) is 0 Å². The van der Waals surface area contributed by atoms with Crippen molar-refractivity contribution in [3.8, 4) is 0 Å². The average molecular weight is 226 g/mol. The van der Waals surface area contributed by atoms with Crippen LogP contribution in [-0.2, 0) is 4.79 Å². The Kier molecular flexibility index (Phi) is 5.26. The molecule has 3 nitrogen and oxygen atoms in total. The van der Waals surface area contributed by atoms with E-state index in [-0.39, 0.29) is 5.92 Å². The van der Waals surface area contributed by atoms with E-state index in [0.29, 0.717) is 11.9 Å². The van der Waals surface area contributed by atoms with E-state index in [1.165, 1.54) is 0 Å². The maximum atomic E-state index is 12.1. The van der Waals surface area contributed by atoms with Gasteiger partial charge in [0.2, 0.25) is 5.91 Å².